The molecule has 1 aromatic heterocycles. The molecular formula is C17H23N3O6S2. The third-order valence-corrected chi connectivity index (χ3v) is 7.68. The minimum atomic E-state index is -4.11. The number of carboxylic acid groups (broad SMARTS) is 1. The molecular weight excluding hydrogens is 406 g/mol. The molecule has 2 aromatic rings. The van der Waals surface area contributed by atoms with Gasteiger partial charge in [0.1, 0.15) is 10.6 Å². The van der Waals surface area contributed by atoms with E-state index in [1.165, 1.54) is 40.3 Å². The summed E-state index contributed by atoms with van der Waals surface area (Å²) in [7, 11) is -6.44. The number of benzene rings is 1. The number of aromatic nitrogens is 1. The number of anilines is 1. The summed E-state index contributed by atoms with van der Waals surface area (Å²) in [4.78, 5) is 10.9. The summed E-state index contributed by atoms with van der Waals surface area (Å²) in [6.07, 6.45) is 1.18. The van der Waals surface area contributed by atoms with Crippen LogP contribution < -0.4 is 4.72 Å². The Morgan fingerprint density at radius 2 is 1.71 bits per heavy atom. The lowest BCUT2D eigenvalue weighted by Crippen LogP contribution is -2.30. The van der Waals surface area contributed by atoms with Crippen LogP contribution in [0.4, 0.5) is 5.69 Å². The second kappa shape index (κ2) is 7.94. The number of hydrogen-bond donors (Lipinski definition) is 2. The first-order chi connectivity index (χ1) is 12.9. The summed E-state index contributed by atoms with van der Waals surface area (Å²) < 4.78 is 55.5. The van der Waals surface area contributed by atoms with E-state index in [4.69, 9.17) is 5.11 Å². The number of nitrogens with one attached hydrogen (secondary N) is 1. The highest BCUT2D eigenvalue weighted by Gasteiger charge is 2.25. The summed E-state index contributed by atoms with van der Waals surface area (Å²) in [6.45, 7) is 5.65. The molecule has 0 amide bonds. The first kappa shape index (κ1) is 21.9. The van der Waals surface area contributed by atoms with E-state index >= 15 is 0 Å². The van der Waals surface area contributed by atoms with E-state index in [0.717, 1.165) is 6.07 Å². The van der Waals surface area contributed by atoms with Crippen molar-refractivity contribution in [2.24, 2.45) is 7.05 Å². The van der Waals surface area contributed by atoms with Crippen LogP contribution >= 0.6 is 0 Å². The van der Waals surface area contributed by atoms with Gasteiger partial charge in [-0.25, -0.2) is 21.6 Å². The average molecular weight is 430 g/mol. The van der Waals surface area contributed by atoms with Crippen molar-refractivity contribution in [3.05, 3.63) is 41.7 Å². The van der Waals surface area contributed by atoms with Gasteiger partial charge in [-0.3, -0.25) is 4.72 Å². The Bertz CT molecular complexity index is 1100. The molecule has 0 aliphatic heterocycles. The fraction of sp³-hybridized carbons (Fsp3) is 0.353. The number of carbonyl (C=O) groups is 1. The minimum Gasteiger partial charge on any atom is -0.477 e. The summed E-state index contributed by atoms with van der Waals surface area (Å²) in [6, 6.07) is 5.24. The monoisotopic (exact) mass is 429 g/mol. The third kappa shape index (κ3) is 4.21. The van der Waals surface area contributed by atoms with E-state index in [1.54, 1.807) is 20.8 Å². The highest BCUT2D eigenvalue weighted by atomic mass is 32.2. The number of sulfonamides is 2. The first-order valence-corrected chi connectivity index (χ1v) is 11.4. The topological polar surface area (TPSA) is 126 Å². The van der Waals surface area contributed by atoms with Gasteiger partial charge >= 0.3 is 5.97 Å². The van der Waals surface area contributed by atoms with E-state index in [9.17, 15) is 21.6 Å². The molecule has 0 atom stereocenters. The van der Waals surface area contributed by atoms with Crippen LogP contribution in [-0.4, -0.2) is 49.9 Å². The molecule has 0 saturated heterocycles. The SMILES string of the molecule is CCN(CC)S(=O)(=O)c1ccc(C)c(NS(=O)(=O)c2cc(C(=O)O)n(C)c2)c1. The molecule has 1 heterocycles. The number of aryl methyl sites for hydroxylation is 2. The average Bonchev–Trinajstić information content (AvgIpc) is 3.00. The Labute approximate surface area is 164 Å². The minimum absolute atomic E-state index is 0.0289. The van der Waals surface area contributed by atoms with Crippen molar-refractivity contribution in [3.63, 3.8) is 0 Å². The van der Waals surface area contributed by atoms with Crippen molar-refractivity contribution in [1.29, 1.82) is 0 Å². The first-order valence-electron chi connectivity index (χ1n) is 8.47. The van der Waals surface area contributed by atoms with Gasteiger partial charge in [0.25, 0.3) is 10.0 Å². The van der Waals surface area contributed by atoms with Gasteiger partial charge in [0, 0.05) is 26.3 Å². The smallest absolute Gasteiger partial charge is 0.352 e. The largest absolute Gasteiger partial charge is 0.477 e. The molecule has 0 radical (unpaired) electrons. The van der Waals surface area contributed by atoms with Crippen molar-refractivity contribution in [3.8, 4) is 0 Å². The normalized spacial score (nSPS) is 12.3. The van der Waals surface area contributed by atoms with Crippen LogP contribution in [0.2, 0.25) is 0 Å². The fourth-order valence-corrected chi connectivity index (χ4v) is 5.36. The van der Waals surface area contributed by atoms with Crippen LogP contribution in [0.5, 0.6) is 0 Å². The fourth-order valence-electron chi connectivity index (χ4n) is 2.68. The Morgan fingerprint density at radius 3 is 2.21 bits per heavy atom. The molecule has 2 N–H and O–H groups in total. The predicted molar refractivity (Wildman–Crippen MR) is 104 cm³/mol. The Hall–Kier alpha value is -2.37. The summed E-state index contributed by atoms with van der Waals surface area (Å²) in [5.74, 6) is -1.26. The molecule has 0 aliphatic rings. The maximum atomic E-state index is 12.7. The summed E-state index contributed by atoms with van der Waals surface area (Å²) in [5.41, 5.74) is 0.445. The standard InChI is InChI=1S/C17H23N3O6S2/c1-5-20(6-2)28(25,26)13-8-7-12(3)15(9-13)18-27(23,24)14-10-16(17(21)22)19(4)11-14/h7-11,18H,5-6H2,1-4H3,(H,21,22). The maximum Gasteiger partial charge on any atom is 0.352 e. The Morgan fingerprint density at radius 1 is 1.11 bits per heavy atom. The summed E-state index contributed by atoms with van der Waals surface area (Å²) >= 11 is 0. The molecule has 0 spiro atoms. The van der Waals surface area contributed by atoms with Crippen LogP contribution in [0.1, 0.15) is 29.9 Å². The van der Waals surface area contributed by atoms with E-state index in [-0.39, 0.29) is 34.3 Å². The zero-order chi connectivity index (χ0) is 21.3. The van der Waals surface area contributed by atoms with Crippen LogP contribution in [0.3, 0.4) is 0 Å². The molecule has 0 saturated carbocycles. The van der Waals surface area contributed by atoms with Gasteiger partial charge < -0.3 is 9.67 Å². The van der Waals surface area contributed by atoms with Crippen LogP contribution in [0, 0.1) is 6.92 Å². The summed E-state index contributed by atoms with van der Waals surface area (Å²) in [5, 5.41) is 9.10. The van der Waals surface area contributed by atoms with Gasteiger partial charge in [-0.15, -0.1) is 0 Å². The van der Waals surface area contributed by atoms with E-state index < -0.39 is 26.0 Å². The van der Waals surface area contributed by atoms with Gasteiger partial charge in [0.05, 0.1) is 10.6 Å². The number of nitrogens with zero attached hydrogens (tertiary/aromatic N) is 2. The molecule has 28 heavy (non-hydrogen) atoms. The number of hydrogen-bond acceptors (Lipinski definition) is 5. The third-order valence-electron chi connectivity index (χ3n) is 4.31. The number of carboxylic acids is 1. The number of rotatable bonds is 8. The molecule has 0 unspecified atom stereocenters. The lowest BCUT2D eigenvalue weighted by molar-refractivity contribution is 0.0686. The second-order valence-corrected chi connectivity index (χ2v) is 9.77. The van der Waals surface area contributed by atoms with Gasteiger partial charge in [0.2, 0.25) is 10.0 Å². The second-order valence-electron chi connectivity index (χ2n) is 6.15. The lowest BCUT2D eigenvalue weighted by atomic mass is 10.2. The molecule has 11 heteroatoms. The van der Waals surface area contributed by atoms with Gasteiger partial charge in [0.15, 0.2) is 0 Å². The van der Waals surface area contributed by atoms with Crippen molar-refractivity contribution in [1.82, 2.24) is 8.87 Å². The highest BCUT2D eigenvalue weighted by Crippen LogP contribution is 2.26. The molecule has 0 aliphatic carbocycles. The molecule has 9 nitrogen and oxygen atoms in total. The molecule has 1 aromatic carbocycles. The Balaban J connectivity index is 2.46. The van der Waals surface area contributed by atoms with E-state index in [0.29, 0.717) is 5.56 Å². The molecule has 0 bridgehead atoms. The van der Waals surface area contributed by atoms with Crippen LogP contribution in [-0.2, 0) is 27.1 Å². The lowest BCUT2D eigenvalue weighted by Gasteiger charge is -2.19. The predicted octanol–water partition coefficient (Wildman–Crippen LogP) is 1.86. The van der Waals surface area contributed by atoms with Gasteiger partial charge in [-0.1, -0.05) is 19.9 Å². The van der Waals surface area contributed by atoms with Crippen LogP contribution in [0.25, 0.3) is 0 Å². The maximum absolute atomic E-state index is 12.7. The van der Waals surface area contributed by atoms with Crippen LogP contribution in [0.15, 0.2) is 40.3 Å². The number of aromatic carboxylic acids is 1. The molecule has 154 valence electrons. The van der Waals surface area contributed by atoms with Gasteiger partial charge in [-0.2, -0.15) is 4.31 Å². The zero-order valence-corrected chi connectivity index (χ0v) is 17.6. The quantitative estimate of drug-likeness (QED) is 0.660. The van der Waals surface area contributed by atoms with Crippen molar-refractivity contribution in [2.75, 3.05) is 17.8 Å². The Kier molecular flexibility index (Phi) is 6.21. The van der Waals surface area contributed by atoms with E-state index in [1.807, 2.05) is 0 Å². The van der Waals surface area contributed by atoms with Crippen molar-refractivity contribution >= 4 is 31.7 Å². The van der Waals surface area contributed by atoms with Crippen molar-refractivity contribution in [2.45, 2.75) is 30.6 Å². The van der Waals surface area contributed by atoms with E-state index in [2.05, 4.69) is 4.72 Å². The molecule has 0 fully saturated rings. The molecule has 2 rings (SSSR count). The van der Waals surface area contributed by atoms with Gasteiger partial charge in [-0.05, 0) is 30.7 Å². The van der Waals surface area contributed by atoms with Crippen molar-refractivity contribution < 1.29 is 26.7 Å². The zero-order valence-electron chi connectivity index (χ0n) is 16.0. The highest BCUT2D eigenvalue weighted by molar-refractivity contribution is 7.92.